The van der Waals surface area contributed by atoms with Gasteiger partial charge < -0.3 is 5.32 Å². The monoisotopic (exact) mass is 311 g/mol. The van der Waals surface area contributed by atoms with E-state index in [1.165, 1.54) is 29.7 Å². The van der Waals surface area contributed by atoms with Gasteiger partial charge in [-0.2, -0.15) is 8.78 Å². The number of aromatic nitrogens is 2. The third kappa shape index (κ3) is 4.82. The lowest BCUT2D eigenvalue weighted by atomic mass is 10.2. The largest absolute Gasteiger partial charge is 0.319 e. The summed E-state index contributed by atoms with van der Waals surface area (Å²) in [4.78, 5) is 5.03. The summed E-state index contributed by atoms with van der Waals surface area (Å²) in [6, 6.07) is 8.15. The molecule has 6 heteroatoms. The molecule has 1 aromatic carbocycles. The lowest BCUT2D eigenvalue weighted by Crippen LogP contribution is -2.13. The van der Waals surface area contributed by atoms with Crippen LogP contribution in [0.25, 0.3) is 0 Å². The molecular weight excluding hydrogens is 292 g/mol. The topological polar surface area (TPSA) is 29.9 Å². The first-order valence-electron chi connectivity index (χ1n) is 6.93. The second-order valence-electron chi connectivity index (χ2n) is 4.64. The summed E-state index contributed by atoms with van der Waals surface area (Å²) in [5, 5.41) is 3.34. The van der Waals surface area contributed by atoms with Crippen LogP contribution >= 0.6 is 11.8 Å². The Labute approximate surface area is 127 Å². The summed E-state index contributed by atoms with van der Waals surface area (Å²) in [7, 11) is 0. The van der Waals surface area contributed by atoms with E-state index >= 15 is 0 Å². The lowest BCUT2D eigenvalue weighted by Gasteiger charge is -2.07. The second kappa shape index (κ2) is 8.14. The van der Waals surface area contributed by atoms with Crippen LogP contribution in [0.1, 0.15) is 31.3 Å². The SMILES string of the molecule is CCCNCc1ccc(SCc2nccn2C(F)F)cc1. The van der Waals surface area contributed by atoms with Crippen molar-refractivity contribution in [3.8, 4) is 0 Å². The van der Waals surface area contributed by atoms with Crippen molar-refractivity contribution in [3.05, 3.63) is 48.0 Å². The number of rotatable bonds is 8. The van der Waals surface area contributed by atoms with Crippen molar-refractivity contribution in [1.82, 2.24) is 14.9 Å². The molecule has 21 heavy (non-hydrogen) atoms. The highest BCUT2D eigenvalue weighted by Crippen LogP contribution is 2.24. The molecule has 0 aliphatic rings. The Hall–Kier alpha value is -1.40. The van der Waals surface area contributed by atoms with Crippen LogP contribution in [0.5, 0.6) is 0 Å². The van der Waals surface area contributed by atoms with E-state index in [9.17, 15) is 8.78 Å². The van der Waals surface area contributed by atoms with Gasteiger partial charge in [0.25, 0.3) is 0 Å². The molecule has 0 saturated heterocycles. The fourth-order valence-corrected chi connectivity index (χ4v) is 2.74. The maximum absolute atomic E-state index is 12.7. The fourth-order valence-electron chi connectivity index (χ4n) is 1.89. The van der Waals surface area contributed by atoms with Crippen molar-refractivity contribution < 1.29 is 8.78 Å². The first kappa shape index (κ1) is 16.0. The van der Waals surface area contributed by atoms with Gasteiger partial charge in [0.05, 0.1) is 5.75 Å². The molecule has 3 nitrogen and oxygen atoms in total. The zero-order valence-electron chi connectivity index (χ0n) is 11.9. The van der Waals surface area contributed by atoms with Gasteiger partial charge in [-0.05, 0) is 30.7 Å². The van der Waals surface area contributed by atoms with E-state index in [2.05, 4.69) is 29.4 Å². The van der Waals surface area contributed by atoms with Gasteiger partial charge in [0.2, 0.25) is 0 Å². The zero-order valence-corrected chi connectivity index (χ0v) is 12.7. The van der Waals surface area contributed by atoms with Gasteiger partial charge in [-0.15, -0.1) is 11.8 Å². The van der Waals surface area contributed by atoms with Gasteiger partial charge in [0.1, 0.15) is 5.82 Å². The highest BCUT2D eigenvalue weighted by molar-refractivity contribution is 7.98. The van der Waals surface area contributed by atoms with E-state index in [-0.39, 0.29) is 0 Å². The summed E-state index contributed by atoms with van der Waals surface area (Å²) in [5.74, 6) is 0.828. The minimum Gasteiger partial charge on any atom is -0.313 e. The van der Waals surface area contributed by atoms with Crippen LogP contribution in [-0.4, -0.2) is 16.1 Å². The van der Waals surface area contributed by atoms with Gasteiger partial charge in [0.15, 0.2) is 0 Å². The van der Waals surface area contributed by atoms with E-state index in [4.69, 9.17) is 0 Å². The molecule has 2 aromatic rings. The van der Waals surface area contributed by atoms with Crippen LogP contribution in [0.15, 0.2) is 41.6 Å². The van der Waals surface area contributed by atoms with E-state index in [0.717, 1.165) is 29.0 Å². The summed E-state index contributed by atoms with van der Waals surface area (Å²) < 4.78 is 26.3. The smallest absolute Gasteiger partial charge is 0.313 e. The number of nitrogens with one attached hydrogen (secondary N) is 1. The van der Waals surface area contributed by atoms with Crippen molar-refractivity contribution in [2.24, 2.45) is 0 Å². The number of alkyl halides is 2. The Morgan fingerprint density at radius 3 is 2.71 bits per heavy atom. The Bertz CT molecular complexity index is 540. The maximum atomic E-state index is 12.7. The number of thioether (sulfide) groups is 1. The number of halogens is 2. The molecule has 0 aliphatic heterocycles. The average Bonchev–Trinajstić information content (AvgIpc) is 2.95. The summed E-state index contributed by atoms with van der Waals surface area (Å²) in [6.45, 7) is 1.47. The van der Waals surface area contributed by atoms with E-state index in [1.54, 1.807) is 0 Å². The lowest BCUT2D eigenvalue weighted by molar-refractivity contribution is 0.0678. The molecule has 0 aliphatic carbocycles. The zero-order chi connectivity index (χ0) is 15.1. The molecule has 0 saturated carbocycles. The summed E-state index contributed by atoms with van der Waals surface area (Å²) in [5.41, 5.74) is 1.22. The molecule has 0 fully saturated rings. The first-order valence-corrected chi connectivity index (χ1v) is 7.91. The Morgan fingerprint density at radius 2 is 2.05 bits per heavy atom. The van der Waals surface area contributed by atoms with Crippen molar-refractivity contribution in [2.75, 3.05) is 6.54 Å². The predicted molar refractivity (Wildman–Crippen MR) is 81.5 cm³/mol. The Balaban J connectivity index is 1.87. The molecule has 0 unspecified atom stereocenters. The third-order valence-electron chi connectivity index (χ3n) is 3.01. The fraction of sp³-hybridized carbons (Fsp3) is 0.400. The minimum absolute atomic E-state index is 0.392. The quantitative estimate of drug-likeness (QED) is 0.589. The van der Waals surface area contributed by atoms with Gasteiger partial charge >= 0.3 is 6.55 Å². The molecule has 2 rings (SSSR count). The third-order valence-corrected chi connectivity index (χ3v) is 4.01. The second-order valence-corrected chi connectivity index (χ2v) is 5.69. The van der Waals surface area contributed by atoms with Crippen molar-refractivity contribution >= 4 is 11.8 Å². The molecule has 1 aromatic heterocycles. The van der Waals surface area contributed by atoms with Crippen LogP contribution in [0, 0.1) is 0 Å². The Kier molecular flexibility index (Phi) is 6.20. The molecular formula is C15H19F2N3S. The molecule has 1 N–H and O–H groups in total. The van der Waals surface area contributed by atoms with Crippen LogP contribution in [-0.2, 0) is 12.3 Å². The average molecular weight is 311 g/mol. The molecule has 114 valence electrons. The van der Waals surface area contributed by atoms with Crippen molar-refractivity contribution in [2.45, 2.75) is 37.1 Å². The summed E-state index contributed by atoms with van der Waals surface area (Å²) in [6.07, 6.45) is 3.83. The molecule has 0 spiro atoms. The molecule has 0 radical (unpaired) electrons. The number of hydrogen-bond donors (Lipinski definition) is 1. The number of benzene rings is 1. The van der Waals surface area contributed by atoms with Crippen molar-refractivity contribution in [1.29, 1.82) is 0 Å². The molecule has 0 atom stereocenters. The van der Waals surface area contributed by atoms with Crippen LogP contribution in [0.2, 0.25) is 0 Å². The van der Waals surface area contributed by atoms with Crippen LogP contribution in [0.3, 0.4) is 0 Å². The van der Waals surface area contributed by atoms with Gasteiger partial charge in [-0.25, -0.2) is 4.98 Å². The van der Waals surface area contributed by atoms with E-state index in [1.807, 2.05) is 12.1 Å². The highest BCUT2D eigenvalue weighted by Gasteiger charge is 2.11. The summed E-state index contributed by atoms with van der Waals surface area (Å²) >= 11 is 1.51. The van der Waals surface area contributed by atoms with Gasteiger partial charge in [-0.1, -0.05) is 19.1 Å². The number of nitrogens with zero attached hydrogens (tertiary/aromatic N) is 2. The molecule has 1 heterocycles. The number of imidazole rings is 1. The van der Waals surface area contributed by atoms with Crippen LogP contribution in [0.4, 0.5) is 8.78 Å². The maximum Gasteiger partial charge on any atom is 0.319 e. The highest BCUT2D eigenvalue weighted by atomic mass is 32.2. The van der Waals surface area contributed by atoms with Gasteiger partial charge in [-0.3, -0.25) is 4.57 Å². The van der Waals surface area contributed by atoms with E-state index in [0.29, 0.717) is 11.6 Å². The van der Waals surface area contributed by atoms with Crippen LogP contribution < -0.4 is 5.32 Å². The standard InChI is InChI=1S/C15H19F2N3S/c1-2-7-18-10-12-3-5-13(6-4-12)21-11-14-19-8-9-20(14)15(16)17/h3-6,8-9,15,18H,2,7,10-11H2,1H3. The Morgan fingerprint density at radius 1 is 1.29 bits per heavy atom. The normalized spacial score (nSPS) is 11.2. The van der Waals surface area contributed by atoms with E-state index < -0.39 is 6.55 Å². The van der Waals surface area contributed by atoms with Gasteiger partial charge in [0, 0.05) is 23.8 Å². The number of hydrogen-bond acceptors (Lipinski definition) is 3. The minimum atomic E-state index is -2.53. The van der Waals surface area contributed by atoms with Crippen molar-refractivity contribution in [3.63, 3.8) is 0 Å². The predicted octanol–water partition coefficient (Wildman–Crippen LogP) is 4.07. The molecule has 0 bridgehead atoms. The first-order chi connectivity index (χ1) is 10.2. The molecule has 0 amide bonds.